The van der Waals surface area contributed by atoms with Crippen molar-refractivity contribution in [3.05, 3.63) is 46.7 Å². The number of carbonyl (C=O) groups excluding carboxylic acids is 1. The second-order valence-electron chi connectivity index (χ2n) is 5.80. The number of nitrogens with zero attached hydrogens (tertiary/aromatic N) is 2. The van der Waals surface area contributed by atoms with Crippen LogP contribution in [0.15, 0.2) is 30.3 Å². The largest absolute Gasteiger partial charge is 0.436 e. The summed E-state index contributed by atoms with van der Waals surface area (Å²) < 4.78 is 40.3. The van der Waals surface area contributed by atoms with Crippen LogP contribution in [0.2, 0.25) is 5.02 Å². The molecule has 1 fully saturated rings. The van der Waals surface area contributed by atoms with Gasteiger partial charge in [-0.05, 0) is 31.9 Å². The van der Waals surface area contributed by atoms with Crippen molar-refractivity contribution in [2.75, 3.05) is 5.32 Å². The molecular formula is C16H15ClF3N3O. The number of halogens is 4. The van der Waals surface area contributed by atoms with E-state index < -0.39 is 28.8 Å². The Kier molecular flexibility index (Phi) is 4.29. The van der Waals surface area contributed by atoms with Crippen molar-refractivity contribution >= 4 is 23.2 Å². The third-order valence-electron chi connectivity index (χ3n) is 3.91. The van der Waals surface area contributed by atoms with Gasteiger partial charge in [0.05, 0.1) is 10.7 Å². The van der Waals surface area contributed by atoms with Crippen LogP contribution in [0.5, 0.6) is 0 Å². The van der Waals surface area contributed by atoms with Crippen LogP contribution in [-0.2, 0) is 11.0 Å². The summed E-state index contributed by atoms with van der Waals surface area (Å²) in [5, 5.41) is 5.88. The van der Waals surface area contributed by atoms with Gasteiger partial charge in [0.25, 0.3) is 0 Å². The minimum absolute atomic E-state index is 0.0759. The van der Waals surface area contributed by atoms with Crippen molar-refractivity contribution in [1.82, 2.24) is 9.78 Å². The molecule has 1 aliphatic carbocycles. The molecule has 2 aromatic rings. The molecule has 1 N–H and O–H groups in total. The van der Waals surface area contributed by atoms with Crippen LogP contribution in [0.3, 0.4) is 0 Å². The number of hydrogen-bond donors (Lipinski definition) is 1. The van der Waals surface area contributed by atoms with E-state index in [0.29, 0.717) is 11.4 Å². The molecule has 1 amide bonds. The predicted molar refractivity (Wildman–Crippen MR) is 84.0 cm³/mol. The van der Waals surface area contributed by atoms with E-state index in [4.69, 9.17) is 11.6 Å². The van der Waals surface area contributed by atoms with Crippen LogP contribution in [0.1, 0.15) is 43.1 Å². The van der Waals surface area contributed by atoms with Gasteiger partial charge in [-0.3, -0.25) is 9.48 Å². The van der Waals surface area contributed by atoms with E-state index in [1.54, 1.807) is 30.3 Å². The van der Waals surface area contributed by atoms with Gasteiger partial charge in [0.2, 0.25) is 5.91 Å². The summed E-state index contributed by atoms with van der Waals surface area (Å²) in [5.74, 6) is -0.524. The molecule has 1 atom stereocenters. The summed E-state index contributed by atoms with van der Waals surface area (Å²) >= 11 is 5.92. The minimum atomic E-state index is -4.65. The molecule has 1 aromatic heterocycles. The zero-order chi connectivity index (χ0) is 17.5. The van der Waals surface area contributed by atoms with Gasteiger partial charge in [0.1, 0.15) is 6.04 Å². The number of nitrogens with one attached hydrogen (secondary N) is 1. The molecule has 4 nitrogen and oxygen atoms in total. The number of hydrogen-bond acceptors (Lipinski definition) is 2. The standard InChI is InChI=1S/C16H15ClF3N3O/c1-9(15(24)21-11-5-3-2-4-6-11)23-13(10-7-8-10)12(17)14(22-23)16(18,19)20/h2-6,9-10H,7-8H2,1H3,(H,21,24). The van der Waals surface area contributed by atoms with Gasteiger partial charge in [0, 0.05) is 11.6 Å². The average Bonchev–Trinajstić information content (AvgIpc) is 3.29. The number of carbonyl (C=O) groups is 1. The number of anilines is 1. The Hall–Kier alpha value is -2.02. The van der Waals surface area contributed by atoms with Crippen LogP contribution < -0.4 is 5.32 Å². The van der Waals surface area contributed by atoms with Crippen LogP contribution in [-0.4, -0.2) is 15.7 Å². The molecule has 0 radical (unpaired) electrons. The van der Waals surface area contributed by atoms with Crippen molar-refractivity contribution in [3.63, 3.8) is 0 Å². The maximum Gasteiger partial charge on any atom is 0.436 e. The molecule has 3 rings (SSSR count). The van der Waals surface area contributed by atoms with Crippen LogP contribution >= 0.6 is 11.6 Å². The van der Waals surface area contributed by atoms with Crippen molar-refractivity contribution in [1.29, 1.82) is 0 Å². The van der Waals surface area contributed by atoms with E-state index in [9.17, 15) is 18.0 Å². The van der Waals surface area contributed by atoms with Gasteiger partial charge in [-0.2, -0.15) is 18.3 Å². The van der Waals surface area contributed by atoms with E-state index in [0.717, 1.165) is 17.5 Å². The molecule has 1 aliphatic rings. The molecule has 1 aromatic carbocycles. The first-order valence-corrected chi connectivity index (χ1v) is 7.88. The van der Waals surface area contributed by atoms with Crippen LogP contribution in [0.4, 0.5) is 18.9 Å². The highest BCUT2D eigenvalue weighted by molar-refractivity contribution is 6.32. The van der Waals surface area contributed by atoms with Gasteiger partial charge < -0.3 is 5.32 Å². The van der Waals surface area contributed by atoms with Gasteiger partial charge in [-0.15, -0.1) is 0 Å². The maximum absolute atomic E-state index is 13.1. The average molecular weight is 358 g/mol. The Morgan fingerprint density at radius 2 is 1.96 bits per heavy atom. The van der Waals surface area contributed by atoms with Crippen LogP contribution in [0.25, 0.3) is 0 Å². The summed E-state index contributed by atoms with van der Waals surface area (Å²) in [5.41, 5.74) is -0.276. The molecule has 0 saturated heterocycles. The van der Waals surface area contributed by atoms with Crippen molar-refractivity contribution in [2.24, 2.45) is 0 Å². The lowest BCUT2D eigenvalue weighted by molar-refractivity contribution is -0.141. The summed E-state index contributed by atoms with van der Waals surface area (Å²) in [4.78, 5) is 12.4. The SMILES string of the molecule is CC(C(=O)Nc1ccccc1)n1nc(C(F)(F)F)c(Cl)c1C1CC1. The number of amides is 1. The van der Waals surface area contributed by atoms with Gasteiger partial charge in [0.15, 0.2) is 5.69 Å². The first-order valence-electron chi connectivity index (χ1n) is 7.50. The molecule has 1 saturated carbocycles. The fourth-order valence-corrected chi connectivity index (χ4v) is 2.89. The topological polar surface area (TPSA) is 46.9 Å². The second-order valence-corrected chi connectivity index (χ2v) is 6.17. The van der Waals surface area contributed by atoms with Crippen molar-refractivity contribution in [3.8, 4) is 0 Å². The third kappa shape index (κ3) is 3.26. The molecular weight excluding hydrogens is 343 g/mol. The molecule has 1 unspecified atom stereocenters. The van der Waals surface area contributed by atoms with Crippen molar-refractivity contribution in [2.45, 2.75) is 37.9 Å². The number of benzene rings is 1. The van der Waals surface area contributed by atoms with Gasteiger partial charge >= 0.3 is 6.18 Å². The molecule has 128 valence electrons. The lowest BCUT2D eigenvalue weighted by Gasteiger charge is -2.15. The summed E-state index contributed by atoms with van der Waals surface area (Å²) in [6.07, 6.45) is -3.16. The molecule has 0 bridgehead atoms. The first kappa shape index (κ1) is 16.8. The summed E-state index contributed by atoms with van der Waals surface area (Å²) in [6.45, 7) is 1.51. The minimum Gasteiger partial charge on any atom is -0.324 e. The van der Waals surface area contributed by atoms with Gasteiger partial charge in [-0.25, -0.2) is 0 Å². The third-order valence-corrected chi connectivity index (χ3v) is 4.28. The quantitative estimate of drug-likeness (QED) is 0.867. The number of para-hydroxylation sites is 1. The molecule has 0 aliphatic heterocycles. The highest BCUT2D eigenvalue weighted by Crippen LogP contribution is 2.47. The highest BCUT2D eigenvalue weighted by Gasteiger charge is 2.43. The Morgan fingerprint density at radius 1 is 1.33 bits per heavy atom. The zero-order valence-electron chi connectivity index (χ0n) is 12.8. The van der Waals surface area contributed by atoms with E-state index in [1.165, 1.54) is 6.92 Å². The molecule has 1 heterocycles. The molecule has 8 heteroatoms. The van der Waals surface area contributed by atoms with E-state index in [-0.39, 0.29) is 5.92 Å². The number of rotatable bonds is 4. The molecule has 24 heavy (non-hydrogen) atoms. The maximum atomic E-state index is 13.1. The normalized spacial score (nSPS) is 16.0. The Morgan fingerprint density at radius 3 is 2.50 bits per heavy atom. The Labute approximate surface area is 141 Å². The monoisotopic (exact) mass is 357 g/mol. The van der Waals surface area contributed by atoms with Crippen molar-refractivity contribution < 1.29 is 18.0 Å². The second kappa shape index (κ2) is 6.12. The predicted octanol–water partition coefficient (Wildman–Crippen LogP) is 4.63. The lowest BCUT2D eigenvalue weighted by Crippen LogP contribution is -2.26. The fraction of sp³-hybridized carbons (Fsp3) is 0.375. The van der Waals surface area contributed by atoms with E-state index in [2.05, 4.69) is 10.4 Å². The Balaban J connectivity index is 1.91. The van der Waals surface area contributed by atoms with Crippen LogP contribution in [0, 0.1) is 0 Å². The van der Waals surface area contributed by atoms with E-state index in [1.807, 2.05) is 0 Å². The smallest absolute Gasteiger partial charge is 0.324 e. The molecule has 0 spiro atoms. The van der Waals surface area contributed by atoms with Gasteiger partial charge in [-0.1, -0.05) is 29.8 Å². The summed E-state index contributed by atoms with van der Waals surface area (Å²) in [6, 6.07) is 7.79. The Bertz CT molecular complexity index is 754. The fourth-order valence-electron chi connectivity index (χ4n) is 2.51. The summed E-state index contributed by atoms with van der Waals surface area (Å²) in [7, 11) is 0. The lowest BCUT2D eigenvalue weighted by atomic mass is 10.2. The highest BCUT2D eigenvalue weighted by atomic mass is 35.5. The van der Waals surface area contributed by atoms with E-state index >= 15 is 0 Å². The number of alkyl halides is 3. The number of aromatic nitrogens is 2. The zero-order valence-corrected chi connectivity index (χ0v) is 13.5. The first-order chi connectivity index (χ1) is 11.3.